The van der Waals surface area contributed by atoms with Crippen molar-refractivity contribution in [2.45, 2.75) is 25.3 Å². The Morgan fingerprint density at radius 3 is 2.72 bits per heavy atom. The molecule has 5 heteroatoms. The molecule has 0 amide bonds. The summed E-state index contributed by atoms with van der Waals surface area (Å²) in [5.74, 6) is 0. The number of hydrogen-bond donors (Lipinski definition) is 0. The molecule has 2 heterocycles. The minimum atomic E-state index is 0.948. The van der Waals surface area contributed by atoms with Crippen molar-refractivity contribution in [1.82, 2.24) is 0 Å². The SMILES string of the molecule is CCN1C(=CN=Cc2sc3ccccc3[n+]2CC)Sc2ccccc21. The quantitative estimate of drug-likeness (QED) is 0.475. The molecular weight excluding hydrogens is 346 g/mol. The van der Waals surface area contributed by atoms with Crippen LogP contribution >= 0.6 is 23.1 Å². The van der Waals surface area contributed by atoms with E-state index in [2.05, 4.69) is 76.8 Å². The van der Waals surface area contributed by atoms with Gasteiger partial charge in [-0.2, -0.15) is 4.57 Å². The van der Waals surface area contributed by atoms with E-state index in [9.17, 15) is 0 Å². The molecule has 25 heavy (non-hydrogen) atoms. The van der Waals surface area contributed by atoms with Gasteiger partial charge in [-0.05, 0) is 32.0 Å². The molecule has 0 atom stereocenters. The third kappa shape index (κ3) is 2.98. The number of benzene rings is 2. The average molecular weight is 367 g/mol. The molecule has 0 bridgehead atoms. The first-order valence-electron chi connectivity index (χ1n) is 8.51. The number of aryl methyl sites for hydroxylation is 1. The normalized spacial score (nSPS) is 15.6. The van der Waals surface area contributed by atoms with Crippen molar-refractivity contribution >= 4 is 45.2 Å². The van der Waals surface area contributed by atoms with E-state index in [-0.39, 0.29) is 0 Å². The van der Waals surface area contributed by atoms with E-state index >= 15 is 0 Å². The van der Waals surface area contributed by atoms with Crippen LogP contribution in [0.2, 0.25) is 0 Å². The van der Waals surface area contributed by atoms with E-state index in [1.807, 2.05) is 12.4 Å². The van der Waals surface area contributed by atoms with Crippen molar-refractivity contribution in [2.24, 2.45) is 4.99 Å². The molecule has 3 aromatic rings. The third-order valence-corrected chi connectivity index (χ3v) is 6.48. The molecular formula is C20H20N3S2+. The van der Waals surface area contributed by atoms with Crippen LogP contribution in [0, 0.1) is 0 Å². The zero-order chi connectivity index (χ0) is 17.2. The van der Waals surface area contributed by atoms with Crippen molar-refractivity contribution in [3.8, 4) is 0 Å². The van der Waals surface area contributed by atoms with E-state index < -0.39 is 0 Å². The summed E-state index contributed by atoms with van der Waals surface area (Å²) < 4.78 is 3.62. The zero-order valence-electron chi connectivity index (χ0n) is 14.3. The van der Waals surface area contributed by atoms with Crippen LogP contribution in [0.5, 0.6) is 0 Å². The minimum Gasteiger partial charge on any atom is -0.334 e. The molecule has 4 rings (SSSR count). The van der Waals surface area contributed by atoms with Gasteiger partial charge in [-0.3, -0.25) is 4.99 Å². The van der Waals surface area contributed by atoms with Crippen molar-refractivity contribution in [1.29, 1.82) is 0 Å². The highest BCUT2D eigenvalue weighted by Crippen LogP contribution is 2.45. The lowest BCUT2D eigenvalue weighted by molar-refractivity contribution is -0.664. The Bertz CT molecular complexity index is 972. The van der Waals surface area contributed by atoms with Crippen molar-refractivity contribution in [2.75, 3.05) is 11.4 Å². The fourth-order valence-electron chi connectivity index (χ4n) is 3.12. The summed E-state index contributed by atoms with van der Waals surface area (Å²) >= 11 is 3.58. The fraction of sp³-hybridized carbons (Fsp3) is 0.200. The van der Waals surface area contributed by atoms with Crippen LogP contribution in [0.3, 0.4) is 0 Å². The van der Waals surface area contributed by atoms with E-state index in [1.54, 1.807) is 23.1 Å². The Balaban J connectivity index is 1.64. The first kappa shape index (κ1) is 16.4. The maximum atomic E-state index is 4.65. The Morgan fingerprint density at radius 2 is 1.88 bits per heavy atom. The van der Waals surface area contributed by atoms with Crippen LogP contribution in [0.4, 0.5) is 5.69 Å². The Kier molecular flexibility index (Phi) is 4.59. The largest absolute Gasteiger partial charge is 0.334 e. The summed E-state index contributed by atoms with van der Waals surface area (Å²) in [6.07, 6.45) is 3.97. The Labute approximate surface area is 156 Å². The number of aliphatic imine (C=N–C) groups is 1. The van der Waals surface area contributed by atoms with E-state index in [0.29, 0.717) is 0 Å². The number of aromatic nitrogens is 1. The minimum absolute atomic E-state index is 0.948. The predicted molar refractivity (Wildman–Crippen MR) is 109 cm³/mol. The molecule has 0 unspecified atom stereocenters. The van der Waals surface area contributed by atoms with Gasteiger partial charge in [0.1, 0.15) is 17.5 Å². The molecule has 0 fully saturated rings. The summed E-state index contributed by atoms with van der Waals surface area (Å²) in [5.41, 5.74) is 2.56. The maximum absolute atomic E-state index is 4.65. The molecule has 0 spiro atoms. The van der Waals surface area contributed by atoms with Crippen LogP contribution < -0.4 is 9.47 Å². The van der Waals surface area contributed by atoms with Crippen LogP contribution in [0.1, 0.15) is 18.9 Å². The highest BCUT2D eigenvalue weighted by molar-refractivity contribution is 8.03. The lowest BCUT2D eigenvalue weighted by atomic mass is 10.3. The molecule has 0 N–H and O–H groups in total. The molecule has 1 aliphatic rings. The van der Waals surface area contributed by atoms with Gasteiger partial charge in [0.05, 0.1) is 16.9 Å². The summed E-state index contributed by atoms with van der Waals surface area (Å²) in [6, 6.07) is 17.1. The molecule has 3 nitrogen and oxygen atoms in total. The van der Waals surface area contributed by atoms with Gasteiger partial charge in [-0.1, -0.05) is 47.4 Å². The van der Waals surface area contributed by atoms with E-state index in [1.165, 1.54) is 30.8 Å². The standard InChI is InChI=1S/C20H20N3S2/c1-3-22-15-9-5-7-11-17(15)24-19(22)13-21-14-20-23(4-2)16-10-6-8-12-18(16)25-20/h5-14H,3-4H2,1-2H3/q+1. The van der Waals surface area contributed by atoms with Crippen molar-refractivity contribution in [3.05, 3.63) is 64.8 Å². The lowest BCUT2D eigenvalue weighted by Crippen LogP contribution is -2.34. The first-order valence-corrected chi connectivity index (χ1v) is 10.1. The van der Waals surface area contributed by atoms with Gasteiger partial charge in [-0.15, -0.1) is 0 Å². The Hall–Kier alpha value is -2.11. The number of hydrogen-bond acceptors (Lipinski definition) is 4. The fourth-order valence-corrected chi connectivity index (χ4v) is 5.33. The van der Waals surface area contributed by atoms with Gasteiger partial charge in [0.2, 0.25) is 5.52 Å². The van der Waals surface area contributed by atoms with Gasteiger partial charge in [-0.25, -0.2) is 0 Å². The highest BCUT2D eigenvalue weighted by Gasteiger charge is 2.23. The summed E-state index contributed by atoms with van der Waals surface area (Å²) in [6.45, 7) is 6.25. The van der Waals surface area contributed by atoms with Gasteiger partial charge >= 0.3 is 0 Å². The molecule has 2 aromatic carbocycles. The number of nitrogens with zero attached hydrogens (tertiary/aromatic N) is 3. The number of anilines is 1. The van der Waals surface area contributed by atoms with Crippen LogP contribution in [0.25, 0.3) is 10.2 Å². The van der Waals surface area contributed by atoms with Gasteiger partial charge < -0.3 is 4.90 Å². The monoisotopic (exact) mass is 366 g/mol. The number of thioether (sulfide) groups is 1. The summed E-state index contributed by atoms with van der Waals surface area (Å²) in [5, 5.41) is 2.37. The average Bonchev–Trinajstić information content (AvgIpc) is 3.18. The first-order chi connectivity index (χ1) is 12.3. The zero-order valence-corrected chi connectivity index (χ0v) is 16.0. The molecule has 1 aliphatic heterocycles. The predicted octanol–water partition coefficient (Wildman–Crippen LogP) is 5.06. The number of thiazole rings is 1. The topological polar surface area (TPSA) is 19.5 Å². The Morgan fingerprint density at radius 1 is 1.08 bits per heavy atom. The number of fused-ring (bicyclic) bond motifs is 2. The van der Waals surface area contributed by atoms with E-state index in [4.69, 9.17) is 0 Å². The lowest BCUT2D eigenvalue weighted by Gasteiger charge is -2.16. The molecule has 0 saturated carbocycles. The summed E-state index contributed by atoms with van der Waals surface area (Å²) in [7, 11) is 0. The van der Waals surface area contributed by atoms with Gasteiger partial charge in [0.15, 0.2) is 0 Å². The molecule has 126 valence electrons. The van der Waals surface area contributed by atoms with Gasteiger partial charge in [0, 0.05) is 17.5 Å². The molecule has 0 radical (unpaired) electrons. The highest BCUT2D eigenvalue weighted by atomic mass is 32.2. The molecule has 1 aromatic heterocycles. The number of para-hydroxylation sites is 2. The molecule has 0 aliphatic carbocycles. The maximum Gasteiger partial charge on any atom is 0.281 e. The number of rotatable bonds is 4. The van der Waals surface area contributed by atoms with Crippen LogP contribution in [-0.2, 0) is 6.54 Å². The van der Waals surface area contributed by atoms with Gasteiger partial charge in [0.25, 0.3) is 5.01 Å². The van der Waals surface area contributed by atoms with Crippen molar-refractivity contribution < 1.29 is 4.57 Å². The molecule has 0 saturated heterocycles. The van der Waals surface area contributed by atoms with Crippen LogP contribution in [-0.4, -0.2) is 12.8 Å². The van der Waals surface area contributed by atoms with Crippen LogP contribution in [0.15, 0.2) is 69.6 Å². The second-order valence-corrected chi connectivity index (χ2v) is 7.84. The second-order valence-electron chi connectivity index (χ2n) is 5.71. The smallest absolute Gasteiger partial charge is 0.281 e. The second kappa shape index (κ2) is 7.02. The van der Waals surface area contributed by atoms with Crippen molar-refractivity contribution in [3.63, 3.8) is 0 Å². The summed E-state index contributed by atoms with van der Waals surface area (Å²) in [4.78, 5) is 8.27. The third-order valence-electron chi connectivity index (χ3n) is 4.28. The van der Waals surface area contributed by atoms with E-state index in [0.717, 1.165) is 13.1 Å².